The van der Waals surface area contributed by atoms with Gasteiger partial charge in [0.15, 0.2) is 0 Å². The van der Waals surface area contributed by atoms with E-state index in [0.717, 1.165) is 24.8 Å². The number of alkyl carbamates (subject to hydrolysis) is 1. The number of aliphatic hydroxyl groups excluding tert-OH is 1. The minimum absolute atomic E-state index is 0.144. The van der Waals surface area contributed by atoms with Gasteiger partial charge in [-0.25, -0.2) is 4.79 Å². The van der Waals surface area contributed by atoms with Crippen LogP contribution >= 0.6 is 0 Å². The molecule has 1 aliphatic rings. The molecule has 0 aromatic heterocycles. The average molecular weight is 249 g/mol. The van der Waals surface area contributed by atoms with Crippen LogP contribution in [-0.2, 0) is 11.3 Å². The molecule has 1 aliphatic carbocycles. The van der Waals surface area contributed by atoms with Crippen LogP contribution in [0, 0.1) is 5.92 Å². The molecule has 0 spiro atoms. The molecule has 1 saturated carbocycles. The summed E-state index contributed by atoms with van der Waals surface area (Å²) >= 11 is 0. The molecule has 4 nitrogen and oxygen atoms in total. The molecule has 1 aromatic carbocycles. The molecule has 0 radical (unpaired) electrons. The SMILES string of the molecule is O=C(N[C@@H]1CC[C@H](CO)C1)OCc1ccccc1. The molecule has 0 saturated heterocycles. The van der Waals surface area contributed by atoms with Crippen molar-refractivity contribution in [3.63, 3.8) is 0 Å². The molecule has 1 amide bonds. The van der Waals surface area contributed by atoms with Gasteiger partial charge >= 0.3 is 6.09 Å². The van der Waals surface area contributed by atoms with Crippen molar-refractivity contribution in [3.05, 3.63) is 35.9 Å². The second kappa shape index (κ2) is 6.40. The zero-order valence-corrected chi connectivity index (χ0v) is 10.3. The summed E-state index contributed by atoms with van der Waals surface area (Å²) in [5.41, 5.74) is 0.979. The van der Waals surface area contributed by atoms with Gasteiger partial charge in [0.25, 0.3) is 0 Å². The Labute approximate surface area is 107 Å². The molecular formula is C14H19NO3. The fourth-order valence-electron chi connectivity index (χ4n) is 2.30. The van der Waals surface area contributed by atoms with Gasteiger partial charge in [0, 0.05) is 12.6 Å². The lowest BCUT2D eigenvalue weighted by Crippen LogP contribution is -2.33. The first-order valence-electron chi connectivity index (χ1n) is 6.36. The maximum absolute atomic E-state index is 11.6. The van der Waals surface area contributed by atoms with Gasteiger partial charge in [-0.05, 0) is 30.7 Å². The van der Waals surface area contributed by atoms with E-state index in [1.165, 1.54) is 0 Å². The first-order chi connectivity index (χ1) is 8.78. The van der Waals surface area contributed by atoms with Crippen molar-refractivity contribution in [1.29, 1.82) is 0 Å². The normalized spacial score (nSPS) is 22.7. The van der Waals surface area contributed by atoms with E-state index in [2.05, 4.69) is 5.32 Å². The number of hydrogen-bond acceptors (Lipinski definition) is 3. The Balaban J connectivity index is 1.70. The maximum atomic E-state index is 11.6. The second-order valence-corrected chi connectivity index (χ2v) is 4.76. The lowest BCUT2D eigenvalue weighted by Gasteiger charge is -2.13. The third-order valence-electron chi connectivity index (χ3n) is 3.33. The highest BCUT2D eigenvalue weighted by atomic mass is 16.5. The number of carbonyl (C=O) groups excluding carboxylic acids is 1. The molecule has 2 atom stereocenters. The van der Waals surface area contributed by atoms with Crippen LogP contribution in [0.2, 0.25) is 0 Å². The van der Waals surface area contributed by atoms with E-state index in [4.69, 9.17) is 9.84 Å². The standard InChI is InChI=1S/C14H19NO3/c16-9-12-6-7-13(8-12)15-14(17)18-10-11-4-2-1-3-5-11/h1-5,12-13,16H,6-10H2,(H,15,17)/t12-,13+/m0/s1. The smallest absolute Gasteiger partial charge is 0.407 e. The van der Waals surface area contributed by atoms with Gasteiger partial charge in [0.05, 0.1) is 0 Å². The highest BCUT2D eigenvalue weighted by Crippen LogP contribution is 2.24. The zero-order chi connectivity index (χ0) is 12.8. The van der Waals surface area contributed by atoms with Crippen LogP contribution in [0.5, 0.6) is 0 Å². The Morgan fingerprint density at radius 1 is 1.33 bits per heavy atom. The van der Waals surface area contributed by atoms with Crippen molar-refractivity contribution in [2.24, 2.45) is 5.92 Å². The summed E-state index contributed by atoms with van der Waals surface area (Å²) in [6, 6.07) is 9.75. The molecule has 98 valence electrons. The molecule has 1 aromatic rings. The summed E-state index contributed by atoms with van der Waals surface area (Å²) in [6.45, 7) is 0.500. The van der Waals surface area contributed by atoms with E-state index in [-0.39, 0.29) is 18.7 Å². The van der Waals surface area contributed by atoms with E-state index in [0.29, 0.717) is 12.5 Å². The Morgan fingerprint density at radius 3 is 2.78 bits per heavy atom. The van der Waals surface area contributed by atoms with E-state index < -0.39 is 0 Å². The van der Waals surface area contributed by atoms with Crippen molar-refractivity contribution < 1.29 is 14.6 Å². The van der Waals surface area contributed by atoms with Crippen LogP contribution in [0.1, 0.15) is 24.8 Å². The van der Waals surface area contributed by atoms with Crippen LogP contribution in [0.3, 0.4) is 0 Å². The molecule has 0 bridgehead atoms. The van der Waals surface area contributed by atoms with Crippen molar-refractivity contribution in [1.82, 2.24) is 5.32 Å². The van der Waals surface area contributed by atoms with Crippen LogP contribution in [0.4, 0.5) is 4.79 Å². The van der Waals surface area contributed by atoms with Crippen molar-refractivity contribution in [2.45, 2.75) is 31.9 Å². The van der Waals surface area contributed by atoms with E-state index in [9.17, 15) is 4.79 Å². The predicted molar refractivity (Wildman–Crippen MR) is 68.0 cm³/mol. The number of carbonyl (C=O) groups is 1. The molecule has 2 rings (SSSR count). The van der Waals surface area contributed by atoms with Crippen LogP contribution in [-0.4, -0.2) is 23.8 Å². The number of ether oxygens (including phenoxy) is 1. The quantitative estimate of drug-likeness (QED) is 0.859. The Morgan fingerprint density at radius 2 is 2.11 bits per heavy atom. The lowest BCUT2D eigenvalue weighted by molar-refractivity contribution is 0.135. The highest BCUT2D eigenvalue weighted by molar-refractivity contribution is 5.67. The number of rotatable bonds is 4. The minimum Gasteiger partial charge on any atom is -0.445 e. The van der Waals surface area contributed by atoms with Crippen molar-refractivity contribution in [3.8, 4) is 0 Å². The summed E-state index contributed by atoms with van der Waals surface area (Å²) in [7, 11) is 0. The largest absolute Gasteiger partial charge is 0.445 e. The molecule has 18 heavy (non-hydrogen) atoms. The van der Waals surface area contributed by atoms with Gasteiger partial charge in [-0.2, -0.15) is 0 Å². The van der Waals surface area contributed by atoms with Gasteiger partial charge < -0.3 is 15.2 Å². The fourth-order valence-corrected chi connectivity index (χ4v) is 2.30. The summed E-state index contributed by atoms with van der Waals surface area (Å²) in [5.74, 6) is 0.324. The maximum Gasteiger partial charge on any atom is 0.407 e. The predicted octanol–water partition coefficient (Wildman–Crippen LogP) is 2.07. The van der Waals surface area contributed by atoms with Gasteiger partial charge in [-0.3, -0.25) is 0 Å². The molecule has 1 fully saturated rings. The Kier molecular flexibility index (Phi) is 4.59. The van der Waals surface area contributed by atoms with E-state index in [1.807, 2.05) is 30.3 Å². The number of amides is 1. The van der Waals surface area contributed by atoms with Crippen molar-refractivity contribution in [2.75, 3.05) is 6.61 Å². The second-order valence-electron chi connectivity index (χ2n) is 4.76. The number of benzene rings is 1. The summed E-state index contributed by atoms with van der Waals surface area (Å²) < 4.78 is 5.15. The number of aliphatic hydroxyl groups is 1. The first kappa shape index (κ1) is 12.9. The number of nitrogens with one attached hydrogen (secondary N) is 1. The molecule has 0 heterocycles. The van der Waals surface area contributed by atoms with Gasteiger partial charge in [0.1, 0.15) is 6.61 Å². The third kappa shape index (κ3) is 3.74. The summed E-state index contributed by atoms with van der Waals surface area (Å²) in [4.78, 5) is 11.6. The monoisotopic (exact) mass is 249 g/mol. The Bertz CT molecular complexity index is 380. The highest BCUT2D eigenvalue weighted by Gasteiger charge is 2.25. The minimum atomic E-state index is -0.373. The van der Waals surface area contributed by atoms with E-state index in [1.54, 1.807) is 0 Å². The van der Waals surface area contributed by atoms with Crippen LogP contribution < -0.4 is 5.32 Å². The van der Waals surface area contributed by atoms with Gasteiger partial charge in [-0.15, -0.1) is 0 Å². The third-order valence-corrected chi connectivity index (χ3v) is 3.33. The molecule has 2 N–H and O–H groups in total. The zero-order valence-electron chi connectivity index (χ0n) is 10.3. The average Bonchev–Trinajstić information content (AvgIpc) is 2.85. The van der Waals surface area contributed by atoms with Crippen LogP contribution in [0.25, 0.3) is 0 Å². The molecular weight excluding hydrogens is 230 g/mol. The fraction of sp³-hybridized carbons (Fsp3) is 0.500. The molecule has 0 unspecified atom stereocenters. The first-order valence-corrected chi connectivity index (χ1v) is 6.36. The van der Waals surface area contributed by atoms with Gasteiger partial charge in [0.2, 0.25) is 0 Å². The number of hydrogen-bond donors (Lipinski definition) is 2. The van der Waals surface area contributed by atoms with Gasteiger partial charge in [-0.1, -0.05) is 30.3 Å². The van der Waals surface area contributed by atoms with E-state index >= 15 is 0 Å². The molecule has 4 heteroatoms. The van der Waals surface area contributed by atoms with Crippen molar-refractivity contribution >= 4 is 6.09 Å². The molecule has 0 aliphatic heterocycles. The summed E-state index contributed by atoms with van der Waals surface area (Å²) in [5, 5.41) is 11.9. The lowest BCUT2D eigenvalue weighted by atomic mass is 10.1. The topological polar surface area (TPSA) is 58.6 Å². The Hall–Kier alpha value is -1.55. The summed E-state index contributed by atoms with van der Waals surface area (Å²) in [6.07, 6.45) is 2.37. The van der Waals surface area contributed by atoms with Crippen LogP contribution in [0.15, 0.2) is 30.3 Å².